The van der Waals surface area contributed by atoms with Gasteiger partial charge in [0.05, 0.1) is 16.7 Å². The average molecular weight is 360 g/mol. The highest BCUT2D eigenvalue weighted by molar-refractivity contribution is 5.80. The summed E-state index contributed by atoms with van der Waals surface area (Å²) < 4.78 is 0. The molecule has 1 aliphatic carbocycles. The predicted molar refractivity (Wildman–Crippen MR) is 108 cm³/mol. The number of pyridine rings is 1. The van der Waals surface area contributed by atoms with E-state index in [0.717, 1.165) is 61.1 Å². The fourth-order valence-electron chi connectivity index (χ4n) is 3.57. The van der Waals surface area contributed by atoms with Crippen LogP contribution >= 0.6 is 0 Å². The van der Waals surface area contributed by atoms with Crippen LogP contribution in [0.1, 0.15) is 18.5 Å². The van der Waals surface area contributed by atoms with Gasteiger partial charge in [0.15, 0.2) is 11.6 Å². The number of para-hydroxylation sites is 2. The highest BCUT2D eigenvalue weighted by Gasteiger charge is 2.26. The Kier molecular flexibility index (Phi) is 4.33. The smallest absolute Gasteiger partial charge is 0.172 e. The molecule has 5 rings (SSSR count). The molecule has 6 nitrogen and oxygen atoms in total. The van der Waals surface area contributed by atoms with Gasteiger partial charge in [0.1, 0.15) is 0 Å². The van der Waals surface area contributed by atoms with E-state index in [1.54, 1.807) is 0 Å². The van der Waals surface area contributed by atoms with Gasteiger partial charge in [-0.15, -0.1) is 0 Å². The standard InChI is InChI=1S/C21H24N6/c1-2-7-19-18(6-1)24-20(23-16-8-9-16)21(25-19)27-13-11-26(12-14-27)15-17-5-3-4-10-22-17/h1-7,10,16H,8-9,11-15H2,(H,23,24). The Morgan fingerprint density at radius 3 is 2.33 bits per heavy atom. The number of aromatic nitrogens is 3. The van der Waals surface area contributed by atoms with Gasteiger partial charge in [-0.05, 0) is 37.1 Å². The minimum atomic E-state index is 0.560. The van der Waals surface area contributed by atoms with Gasteiger partial charge in [-0.2, -0.15) is 0 Å². The maximum atomic E-state index is 4.96. The SMILES string of the molecule is c1ccc(CN2CCN(c3nc4ccccc4nc3NC3CC3)CC2)nc1. The van der Waals surface area contributed by atoms with E-state index in [-0.39, 0.29) is 0 Å². The molecule has 1 aliphatic heterocycles. The fourth-order valence-corrected chi connectivity index (χ4v) is 3.57. The van der Waals surface area contributed by atoms with Gasteiger partial charge in [-0.3, -0.25) is 9.88 Å². The van der Waals surface area contributed by atoms with Gasteiger partial charge in [0.2, 0.25) is 0 Å². The van der Waals surface area contributed by atoms with E-state index in [1.807, 2.05) is 36.5 Å². The quantitative estimate of drug-likeness (QED) is 0.755. The lowest BCUT2D eigenvalue weighted by Gasteiger charge is -2.35. The molecule has 3 heterocycles. The molecule has 0 radical (unpaired) electrons. The first-order valence-electron chi connectivity index (χ1n) is 9.76. The summed E-state index contributed by atoms with van der Waals surface area (Å²) in [7, 11) is 0. The van der Waals surface area contributed by atoms with Crippen LogP contribution < -0.4 is 10.2 Å². The largest absolute Gasteiger partial charge is 0.364 e. The van der Waals surface area contributed by atoms with Crippen LogP contribution in [0.2, 0.25) is 0 Å². The zero-order valence-corrected chi connectivity index (χ0v) is 15.4. The molecule has 1 saturated carbocycles. The molecule has 1 aromatic carbocycles. The average Bonchev–Trinajstić information content (AvgIpc) is 3.53. The third kappa shape index (κ3) is 3.71. The second-order valence-corrected chi connectivity index (χ2v) is 7.39. The number of anilines is 2. The van der Waals surface area contributed by atoms with Crippen molar-refractivity contribution in [2.24, 2.45) is 0 Å². The third-order valence-electron chi connectivity index (χ3n) is 5.25. The minimum absolute atomic E-state index is 0.560. The number of hydrogen-bond acceptors (Lipinski definition) is 6. The Hall–Kier alpha value is -2.73. The van der Waals surface area contributed by atoms with E-state index in [4.69, 9.17) is 9.97 Å². The molecule has 0 spiro atoms. The van der Waals surface area contributed by atoms with Gasteiger partial charge in [-0.25, -0.2) is 9.97 Å². The molecule has 0 unspecified atom stereocenters. The van der Waals surface area contributed by atoms with Gasteiger partial charge in [-0.1, -0.05) is 18.2 Å². The van der Waals surface area contributed by atoms with Crippen molar-refractivity contribution in [3.63, 3.8) is 0 Å². The minimum Gasteiger partial charge on any atom is -0.364 e. The Bertz CT molecular complexity index is 916. The Morgan fingerprint density at radius 2 is 1.63 bits per heavy atom. The third-order valence-corrected chi connectivity index (χ3v) is 5.25. The van der Waals surface area contributed by atoms with Gasteiger partial charge < -0.3 is 10.2 Å². The van der Waals surface area contributed by atoms with Crippen molar-refractivity contribution in [1.82, 2.24) is 19.9 Å². The molecule has 0 atom stereocenters. The first-order chi connectivity index (χ1) is 13.3. The number of nitrogens with one attached hydrogen (secondary N) is 1. The van der Waals surface area contributed by atoms with E-state index in [0.29, 0.717) is 6.04 Å². The molecule has 1 saturated heterocycles. The van der Waals surface area contributed by atoms with Crippen LogP contribution in [0, 0.1) is 0 Å². The number of rotatable bonds is 5. The van der Waals surface area contributed by atoms with E-state index in [1.165, 1.54) is 12.8 Å². The van der Waals surface area contributed by atoms with Crippen molar-refractivity contribution >= 4 is 22.7 Å². The molecular weight excluding hydrogens is 336 g/mol. The number of fused-ring (bicyclic) bond motifs is 1. The van der Waals surface area contributed by atoms with Gasteiger partial charge in [0.25, 0.3) is 0 Å². The van der Waals surface area contributed by atoms with Crippen LogP contribution in [-0.4, -0.2) is 52.1 Å². The highest BCUT2D eigenvalue weighted by atomic mass is 15.3. The van der Waals surface area contributed by atoms with Crippen molar-refractivity contribution in [3.05, 3.63) is 54.4 Å². The maximum Gasteiger partial charge on any atom is 0.172 e. The molecule has 2 aromatic heterocycles. The molecule has 2 aliphatic rings. The van der Waals surface area contributed by atoms with E-state index < -0.39 is 0 Å². The van der Waals surface area contributed by atoms with E-state index in [9.17, 15) is 0 Å². The summed E-state index contributed by atoms with van der Waals surface area (Å²) in [6.45, 7) is 4.84. The summed E-state index contributed by atoms with van der Waals surface area (Å²) in [5, 5.41) is 3.59. The summed E-state index contributed by atoms with van der Waals surface area (Å²) in [5.74, 6) is 1.94. The lowest BCUT2D eigenvalue weighted by Crippen LogP contribution is -2.46. The molecule has 138 valence electrons. The highest BCUT2D eigenvalue weighted by Crippen LogP contribution is 2.31. The second kappa shape index (κ2) is 7.12. The molecule has 1 N–H and O–H groups in total. The fraction of sp³-hybridized carbons (Fsp3) is 0.381. The summed E-state index contributed by atoms with van der Waals surface area (Å²) >= 11 is 0. The van der Waals surface area contributed by atoms with Gasteiger partial charge in [0, 0.05) is 45.0 Å². The maximum absolute atomic E-state index is 4.96. The number of benzene rings is 1. The number of hydrogen-bond donors (Lipinski definition) is 1. The lowest BCUT2D eigenvalue weighted by atomic mass is 10.2. The van der Waals surface area contributed by atoms with Crippen molar-refractivity contribution in [3.8, 4) is 0 Å². The molecule has 0 bridgehead atoms. The normalized spacial score (nSPS) is 18.0. The van der Waals surface area contributed by atoms with Crippen molar-refractivity contribution in [2.45, 2.75) is 25.4 Å². The second-order valence-electron chi connectivity index (χ2n) is 7.39. The van der Waals surface area contributed by atoms with E-state index >= 15 is 0 Å². The summed E-state index contributed by atoms with van der Waals surface area (Å²) in [4.78, 5) is 19.1. The number of piperazine rings is 1. The molecule has 0 amide bonds. The molecule has 6 heteroatoms. The Morgan fingerprint density at radius 1 is 0.889 bits per heavy atom. The molecular formula is C21H24N6. The van der Waals surface area contributed by atoms with Crippen LogP contribution in [0.25, 0.3) is 11.0 Å². The summed E-state index contributed by atoms with van der Waals surface area (Å²) in [6, 6.07) is 14.8. The van der Waals surface area contributed by atoms with Crippen LogP contribution in [0.4, 0.5) is 11.6 Å². The molecule has 3 aromatic rings. The van der Waals surface area contributed by atoms with Crippen LogP contribution in [0.3, 0.4) is 0 Å². The number of nitrogens with zero attached hydrogens (tertiary/aromatic N) is 5. The molecule has 2 fully saturated rings. The van der Waals surface area contributed by atoms with Crippen LogP contribution in [0.15, 0.2) is 48.7 Å². The zero-order chi connectivity index (χ0) is 18.1. The summed E-state index contributed by atoms with van der Waals surface area (Å²) in [6.07, 6.45) is 4.32. The predicted octanol–water partition coefficient (Wildman–Crippen LogP) is 2.92. The van der Waals surface area contributed by atoms with Crippen LogP contribution in [-0.2, 0) is 6.54 Å². The van der Waals surface area contributed by atoms with Crippen molar-refractivity contribution in [2.75, 3.05) is 36.4 Å². The van der Waals surface area contributed by atoms with Crippen molar-refractivity contribution < 1.29 is 0 Å². The first-order valence-corrected chi connectivity index (χ1v) is 9.76. The topological polar surface area (TPSA) is 57.2 Å². The Labute approximate surface area is 159 Å². The van der Waals surface area contributed by atoms with Crippen LogP contribution in [0.5, 0.6) is 0 Å². The van der Waals surface area contributed by atoms with E-state index in [2.05, 4.69) is 32.2 Å². The first kappa shape index (κ1) is 16.4. The zero-order valence-electron chi connectivity index (χ0n) is 15.4. The summed E-state index contributed by atoms with van der Waals surface area (Å²) in [5.41, 5.74) is 3.05. The lowest BCUT2D eigenvalue weighted by molar-refractivity contribution is 0.246. The van der Waals surface area contributed by atoms with Gasteiger partial charge >= 0.3 is 0 Å². The van der Waals surface area contributed by atoms with Crippen molar-refractivity contribution in [1.29, 1.82) is 0 Å². The Balaban J connectivity index is 1.34. The molecule has 27 heavy (non-hydrogen) atoms. The monoisotopic (exact) mass is 360 g/mol.